The topological polar surface area (TPSA) is 35.5 Å². The molecule has 1 fully saturated rings. The zero-order valence-electron chi connectivity index (χ0n) is 15.9. The maximum Gasteiger partial charge on any atom is 0.373 e. The Kier molecular flexibility index (Phi) is 5.74. The molecule has 0 spiro atoms. The van der Waals surface area contributed by atoms with E-state index in [4.69, 9.17) is 9.78 Å². The Hall–Kier alpha value is -1.35. The lowest BCUT2D eigenvalue weighted by atomic mass is 9.72. The molecule has 1 aromatic carbocycles. The van der Waals surface area contributed by atoms with E-state index in [0.29, 0.717) is 16.9 Å². The fraction of sp³-hybridized carbons (Fsp3) is 0.619. The van der Waals surface area contributed by atoms with Crippen LogP contribution in [0.15, 0.2) is 24.3 Å². The van der Waals surface area contributed by atoms with Crippen LogP contribution in [0.25, 0.3) is 0 Å². The van der Waals surface area contributed by atoms with Gasteiger partial charge in [-0.05, 0) is 60.1 Å². The molecule has 0 amide bonds. The third-order valence-corrected chi connectivity index (χ3v) is 4.99. The molecule has 0 aromatic heterocycles. The maximum atomic E-state index is 12.1. The summed E-state index contributed by atoms with van der Waals surface area (Å²) in [6.45, 7) is 13.3. The monoisotopic (exact) mass is 331 g/mol. The standard InChI is InChI=1S/C21H31O3/c1-20(2,3)16-9-7-15(8-10-16)19(22)24-23-18-13-11-17(12-14-18)21(4,5)6/h7-10,17H,11-14H2,1-6H3. The highest BCUT2D eigenvalue weighted by Gasteiger charge is 2.31. The highest BCUT2D eigenvalue weighted by molar-refractivity contribution is 5.89. The van der Waals surface area contributed by atoms with Crippen LogP contribution in [0.5, 0.6) is 0 Å². The zero-order chi connectivity index (χ0) is 18.0. The van der Waals surface area contributed by atoms with Gasteiger partial charge in [0.05, 0.1) is 5.56 Å². The summed E-state index contributed by atoms with van der Waals surface area (Å²) in [7, 11) is 0. The van der Waals surface area contributed by atoms with Gasteiger partial charge in [-0.1, -0.05) is 53.7 Å². The SMILES string of the molecule is CC(C)(C)c1ccc(C(=O)OO[C]2CCC(C(C)(C)C)CC2)cc1. The Morgan fingerprint density at radius 2 is 1.50 bits per heavy atom. The summed E-state index contributed by atoms with van der Waals surface area (Å²) in [4.78, 5) is 22.5. The third-order valence-electron chi connectivity index (χ3n) is 4.99. The van der Waals surface area contributed by atoms with Crippen molar-refractivity contribution in [3.63, 3.8) is 0 Å². The van der Waals surface area contributed by atoms with Gasteiger partial charge in [0.25, 0.3) is 0 Å². The molecule has 0 unspecified atom stereocenters. The van der Waals surface area contributed by atoms with E-state index in [1.54, 1.807) is 12.1 Å². The molecule has 0 N–H and O–H groups in total. The van der Waals surface area contributed by atoms with Gasteiger partial charge in [0.1, 0.15) is 6.10 Å². The Balaban J connectivity index is 1.82. The van der Waals surface area contributed by atoms with Gasteiger partial charge in [-0.2, -0.15) is 4.89 Å². The Morgan fingerprint density at radius 3 is 1.96 bits per heavy atom. The van der Waals surface area contributed by atoms with Crippen molar-refractivity contribution in [3.8, 4) is 0 Å². The van der Waals surface area contributed by atoms with E-state index in [0.717, 1.165) is 31.8 Å². The molecule has 133 valence electrons. The quantitative estimate of drug-likeness (QED) is 0.515. The number of rotatable bonds is 3. The van der Waals surface area contributed by atoms with E-state index in [-0.39, 0.29) is 5.41 Å². The van der Waals surface area contributed by atoms with Gasteiger partial charge in [-0.15, -0.1) is 0 Å². The molecule has 1 aromatic rings. The lowest BCUT2D eigenvalue weighted by molar-refractivity contribution is -0.241. The van der Waals surface area contributed by atoms with Gasteiger partial charge < -0.3 is 0 Å². The molecule has 2 rings (SSSR count). The van der Waals surface area contributed by atoms with E-state index in [1.165, 1.54) is 5.56 Å². The number of hydrogen-bond acceptors (Lipinski definition) is 3. The van der Waals surface area contributed by atoms with Crippen LogP contribution in [0.1, 0.15) is 83.1 Å². The first-order valence-electron chi connectivity index (χ1n) is 8.91. The van der Waals surface area contributed by atoms with Crippen molar-refractivity contribution in [1.29, 1.82) is 0 Å². The first-order chi connectivity index (χ1) is 11.1. The summed E-state index contributed by atoms with van der Waals surface area (Å²) in [6.07, 6.45) is 4.82. The third kappa shape index (κ3) is 5.07. The Morgan fingerprint density at radius 1 is 0.958 bits per heavy atom. The van der Waals surface area contributed by atoms with Crippen LogP contribution in [0.2, 0.25) is 0 Å². The fourth-order valence-electron chi connectivity index (χ4n) is 3.14. The molecule has 0 saturated heterocycles. The van der Waals surface area contributed by atoms with Crippen molar-refractivity contribution in [2.45, 2.75) is 72.6 Å². The summed E-state index contributed by atoms with van der Waals surface area (Å²) in [5.74, 6) is 0.270. The normalized spacial score (nSPS) is 17.8. The molecule has 3 heteroatoms. The largest absolute Gasteiger partial charge is 0.373 e. The van der Waals surface area contributed by atoms with Gasteiger partial charge >= 0.3 is 5.97 Å². The van der Waals surface area contributed by atoms with Crippen molar-refractivity contribution in [1.82, 2.24) is 0 Å². The highest BCUT2D eigenvalue weighted by atomic mass is 17.2. The summed E-state index contributed by atoms with van der Waals surface area (Å²) in [5.41, 5.74) is 2.11. The Labute approximate surface area is 146 Å². The molecule has 1 radical (unpaired) electrons. The van der Waals surface area contributed by atoms with Crippen LogP contribution in [0.3, 0.4) is 0 Å². The predicted octanol–water partition coefficient (Wildman–Crippen LogP) is 5.84. The molecular formula is C21H31O3. The predicted molar refractivity (Wildman–Crippen MR) is 96.3 cm³/mol. The highest BCUT2D eigenvalue weighted by Crippen LogP contribution is 2.40. The van der Waals surface area contributed by atoms with Crippen LogP contribution < -0.4 is 0 Å². The van der Waals surface area contributed by atoms with Crippen LogP contribution in [0.4, 0.5) is 0 Å². The van der Waals surface area contributed by atoms with Crippen molar-refractivity contribution < 1.29 is 14.6 Å². The Bertz CT molecular complexity index is 538. The van der Waals surface area contributed by atoms with Crippen LogP contribution in [-0.4, -0.2) is 5.97 Å². The lowest BCUT2D eigenvalue weighted by Crippen LogP contribution is -2.26. The first kappa shape index (κ1) is 19.0. The van der Waals surface area contributed by atoms with Gasteiger partial charge in [0.2, 0.25) is 0 Å². The number of carbonyl (C=O) groups excluding carboxylic acids is 1. The van der Waals surface area contributed by atoms with E-state index in [1.807, 2.05) is 12.1 Å². The molecule has 0 bridgehead atoms. The number of hydrogen-bond donors (Lipinski definition) is 0. The zero-order valence-corrected chi connectivity index (χ0v) is 15.9. The lowest BCUT2D eigenvalue weighted by Gasteiger charge is -2.35. The fourth-order valence-corrected chi connectivity index (χ4v) is 3.14. The summed E-state index contributed by atoms with van der Waals surface area (Å²) < 4.78 is 0. The second kappa shape index (κ2) is 7.26. The van der Waals surface area contributed by atoms with Gasteiger partial charge in [-0.3, -0.25) is 4.89 Å². The van der Waals surface area contributed by atoms with Crippen molar-refractivity contribution >= 4 is 5.97 Å². The van der Waals surface area contributed by atoms with Crippen molar-refractivity contribution in [2.24, 2.45) is 11.3 Å². The minimum atomic E-state index is -0.430. The van der Waals surface area contributed by atoms with E-state index in [9.17, 15) is 4.79 Å². The van der Waals surface area contributed by atoms with Crippen LogP contribution in [-0.2, 0) is 15.2 Å². The second-order valence-electron chi connectivity index (χ2n) is 8.96. The number of benzene rings is 1. The molecule has 1 saturated carbocycles. The molecule has 3 nitrogen and oxygen atoms in total. The number of carbonyl (C=O) groups is 1. The summed E-state index contributed by atoms with van der Waals surface area (Å²) in [6, 6.07) is 7.54. The molecule has 0 aliphatic heterocycles. The molecule has 1 aliphatic carbocycles. The first-order valence-corrected chi connectivity index (χ1v) is 8.91. The molecule has 0 atom stereocenters. The summed E-state index contributed by atoms with van der Waals surface area (Å²) >= 11 is 0. The molecule has 24 heavy (non-hydrogen) atoms. The smallest absolute Gasteiger partial charge is 0.292 e. The van der Waals surface area contributed by atoms with Gasteiger partial charge in [-0.25, -0.2) is 4.79 Å². The van der Waals surface area contributed by atoms with Gasteiger partial charge in [0, 0.05) is 0 Å². The minimum Gasteiger partial charge on any atom is -0.292 e. The molecule has 0 heterocycles. The van der Waals surface area contributed by atoms with Gasteiger partial charge in [0.15, 0.2) is 0 Å². The van der Waals surface area contributed by atoms with Crippen LogP contribution in [0, 0.1) is 17.4 Å². The van der Waals surface area contributed by atoms with Crippen LogP contribution >= 0.6 is 0 Å². The molecule has 1 aliphatic rings. The average molecular weight is 331 g/mol. The summed E-state index contributed by atoms with van der Waals surface area (Å²) in [5, 5.41) is 0. The van der Waals surface area contributed by atoms with E-state index in [2.05, 4.69) is 41.5 Å². The maximum absolute atomic E-state index is 12.1. The minimum absolute atomic E-state index is 0.0699. The average Bonchev–Trinajstić information content (AvgIpc) is 2.51. The second-order valence-corrected chi connectivity index (χ2v) is 8.96. The van der Waals surface area contributed by atoms with E-state index < -0.39 is 5.97 Å². The van der Waals surface area contributed by atoms with E-state index >= 15 is 0 Å². The molecular weight excluding hydrogens is 300 g/mol. The van der Waals surface area contributed by atoms with Crippen molar-refractivity contribution in [2.75, 3.05) is 0 Å². The van der Waals surface area contributed by atoms with Crippen molar-refractivity contribution in [3.05, 3.63) is 41.5 Å².